The van der Waals surface area contributed by atoms with E-state index in [9.17, 15) is 4.79 Å². The maximum Gasteiger partial charge on any atom is 0.235 e. The number of likely N-dealkylation sites (N-methyl/N-ethyl adjacent to an activating group) is 1. The summed E-state index contributed by atoms with van der Waals surface area (Å²) in [7, 11) is 0. The average Bonchev–Trinajstić information content (AvgIpc) is 2.85. The van der Waals surface area contributed by atoms with Crippen molar-refractivity contribution in [3.63, 3.8) is 0 Å². The highest BCUT2D eigenvalue weighted by atomic mass is 32.2. The van der Waals surface area contributed by atoms with Gasteiger partial charge in [-0.3, -0.25) is 4.79 Å². The average molecular weight is 242 g/mol. The summed E-state index contributed by atoms with van der Waals surface area (Å²) in [6, 6.07) is 0.437. The lowest BCUT2D eigenvalue weighted by atomic mass is 10.0. The van der Waals surface area contributed by atoms with Gasteiger partial charge in [-0.1, -0.05) is 0 Å². The predicted molar refractivity (Wildman–Crippen MR) is 68.8 cm³/mol. The van der Waals surface area contributed by atoms with Crippen LogP contribution >= 0.6 is 11.8 Å². The fourth-order valence-corrected chi connectivity index (χ4v) is 3.88. The SMILES string of the molecule is CCN(C(=O)C1CCCS1)C1CCCNC1. The van der Waals surface area contributed by atoms with Crippen LogP contribution in [0.4, 0.5) is 0 Å². The molecule has 0 aromatic carbocycles. The predicted octanol–water partition coefficient (Wildman–Crippen LogP) is 1.48. The zero-order chi connectivity index (χ0) is 11.4. The molecule has 3 nitrogen and oxygen atoms in total. The fraction of sp³-hybridized carbons (Fsp3) is 0.917. The van der Waals surface area contributed by atoms with Crippen molar-refractivity contribution in [2.45, 2.75) is 43.9 Å². The number of amides is 1. The Morgan fingerprint density at radius 2 is 2.31 bits per heavy atom. The molecule has 0 aliphatic carbocycles. The number of rotatable bonds is 3. The molecule has 2 fully saturated rings. The molecular weight excluding hydrogens is 220 g/mol. The van der Waals surface area contributed by atoms with E-state index in [2.05, 4.69) is 17.1 Å². The van der Waals surface area contributed by atoms with Crippen LogP contribution in [0.3, 0.4) is 0 Å². The lowest BCUT2D eigenvalue weighted by Crippen LogP contribution is -2.50. The Labute approximate surface area is 102 Å². The number of carbonyl (C=O) groups is 1. The molecule has 4 heteroatoms. The topological polar surface area (TPSA) is 32.3 Å². The van der Waals surface area contributed by atoms with Crippen LogP contribution in [-0.4, -0.2) is 47.5 Å². The van der Waals surface area contributed by atoms with Crippen LogP contribution in [0, 0.1) is 0 Å². The first kappa shape index (κ1) is 12.2. The van der Waals surface area contributed by atoms with E-state index in [1.165, 1.54) is 19.3 Å². The van der Waals surface area contributed by atoms with Gasteiger partial charge in [-0.05, 0) is 44.9 Å². The van der Waals surface area contributed by atoms with Crippen molar-refractivity contribution >= 4 is 17.7 Å². The number of nitrogens with zero attached hydrogens (tertiary/aromatic N) is 1. The van der Waals surface area contributed by atoms with Gasteiger partial charge in [0.2, 0.25) is 5.91 Å². The summed E-state index contributed by atoms with van der Waals surface area (Å²) >= 11 is 1.85. The summed E-state index contributed by atoms with van der Waals surface area (Å²) in [5.74, 6) is 1.55. The summed E-state index contributed by atoms with van der Waals surface area (Å²) in [5.41, 5.74) is 0. The number of hydrogen-bond donors (Lipinski definition) is 1. The molecule has 92 valence electrons. The molecule has 0 saturated carbocycles. The number of carbonyl (C=O) groups excluding carboxylic acids is 1. The summed E-state index contributed by atoms with van der Waals surface area (Å²) in [6.07, 6.45) is 4.66. The minimum Gasteiger partial charge on any atom is -0.338 e. The van der Waals surface area contributed by atoms with Gasteiger partial charge in [0, 0.05) is 19.1 Å². The quantitative estimate of drug-likeness (QED) is 0.813. The Balaban J connectivity index is 1.94. The van der Waals surface area contributed by atoms with Crippen molar-refractivity contribution in [3.05, 3.63) is 0 Å². The molecule has 1 amide bonds. The minimum absolute atomic E-state index is 0.252. The third-order valence-corrected chi connectivity index (χ3v) is 4.90. The molecule has 2 saturated heterocycles. The van der Waals surface area contributed by atoms with Gasteiger partial charge < -0.3 is 10.2 Å². The second kappa shape index (κ2) is 5.92. The Hall–Kier alpha value is -0.220. The highest BCUT2D eigenvalue weighted by Gasteiger charge is 2.31. The number of nitrogens with one attached hydrogen (secondary N) is 1. The van der Waals surface area contributed by atoms with E-state index in [1.807, 2.05) is 11.8 Å². The lowest BCUT2D eigenvalue weighted by molar-refractivity contribution is -0.133. The van der Waals surface area contributed by atoms with Crippen LogP contribution in [0.1, 0.15) is 32.6 Å². The van der Waals surface area contributed by atoms with E-state index in [0.29, 0.717) is 11.9 Å². The molecule has 2 rings (SSSR count). The molecule has 2 aliphatic heterocycles. The van der Waals surface area contributed by atoms with E-state index in [1.54, 1.807) is 0 Å². The first-order chi connectivity index (χ1) is 7.83. The largest absolute Gasteiger partial charge is 0.338 e. The zero-order valence-electron chi connectivity index (χ0n) is 10.1. The second-order valence-electron chi connectivity index (χ2n) is 4.63. The summed E-state index contributed by atoms with van der Waals surface area (Å²) in [5, 5.41) is 3.65. The van der Waals surface area contributed by atoms with Crippen molar-refractivity contribution < 1.29 is 4.79 Å². The third kappa shape index (κ3) is 2.72. The standard InChI is InChI=1S/C12H22N2OS/c1-2-14(10-5-3-7-13-9-10)12(15)11-6-4-8-16-11/h10-11,13H,2-9H2,1H3. The van der Waals surface area contributed by atoms with E-state index in [0.717, 1.165) is 31.8 Å². The summed E-state index contributed by atoms with van der Waals surface area (Å²) < 4.78 is 0. The molecule has 0 bridgehead atoms. The van der Waals surface area contributed by atoms with E-state index >= 15 is 0 Å². The smallest absolute Gasteiger partial charge is 0.235 e. The molecule has 0 aromatic heterocycles. The second-order valence-corrected chi connectivity index (χ2v) is 5.94. The third-order valence-electron chi connectivity index (χ3n) is 3.54. The van der Waals surface area contributed by atoms with Gasteiger partial charge in [-0.25, -0.2) is 0 Å². The first-order valence-corrected chi connectivity index (χ1v) is 7.50. The Morgan fingerprint density at radius 1 is 1.44 bits per heavy atom. The molecule has 2 heterocycles. The fourth-order valence-electron chi connectivity index (χ4n) is 2.65. The first-order valence-electron chi connectivity index (χ1n) is 6.45. The van der Waals surface area contributed by atoms with Crippen LogP contribution in [0.2, 0.25) is 0 Å². The normalized spacial score (nSPS) is 30.3. The molecule has 0 aromatic rings. The van der Waals surface area contributed by atoms with Crippen LogP contribution in [-0.2, 0) is 4.79 Å². The Bertz CT molecular complexity index is 235. The van der Waals surface area contributed by atoms with Gasteiger partial charge in [-0.2, -0.15) is 0 Å². The molecule has 1 N–H and O–H groups in total. The lowest BCUT2D eigenvalue weighted by Gasteiger charge is -2.35. The Morgan fingerprint density at radius 3 is 2.88 bits per heavy atom. The van der Waals surface area contributed by atoms with Crippen LogP contribution in [0.5, 0.6) is 0 Å². The van der Waals surface area contributed by atoms with Crippen molar-refractivity contribution in [1.29, 1.82) is 0 Å². The van der Waals surface area contributed by atoms with Crippen molar-refractivity contribution in [3.8, 4) is 0 Å². The molecular formula is C12H22N2OS. The van der Waals surface area contributed by atoms with Crippen molar-refractivity contribution in [1.82, 2.24) is 10.2 Å². The van der Waals surface area contributed by atoms with E-state index in [4.69, 9.17) is 0 Å². The maximum atomic E-state index is 12.4. The van der Waals surface area contributed by atoms with Gasteiger partial charge in [-0.15, -0.1) is 11.8 Å². The summed E-state index contributed by atoms with van der Waals surface area (Å²) in [4.78, 5) is 14.5. The van der Waals surface area contributed by atoms with Crippen molar-refractivity contribution in [2.24, 2.45) is 0 Å². The van der Waals surface area contributed by atoms with Crippen LogP contribution in [0.15, 0.2) is 0 Å². The highest BCUT2D eigenvalue weighted by Crippen LogP contribution is 2.28. The van der Waals surface area contributed by atoms with Gasteiger partial charge in [0.1, 0.15) is 0 Å². The minimum atomic E-state index is 0.252. The molecule has 2 atom stereocenters. The molecule has 0 radical (unpaired) electrons. The summed E-state index contributed by atoms with van der Waals surface area (Å²) in [6.45, 7) is 5.06. The van der Waals surface area contributed by atoms with E-state index < -0.39 is 0 Å². The monoisotopic (exact) mass is 242 g/mol. The maximum absolute atomic E-state index is 12.4. The van der Waals surface area contributed by atoms with Crippen LogP contribution < -0.4 is 5.32 Å². The number of hydrogen-bond acceptors (Lipinski definition) is 3. The number of piperidine rings is 1. The zero-order valence-corrected chi connectivity index (χ0v) is 10.9. The van der Waals surface area contributed by atoms with Gasteiger partial charge in [0.15, 0.2) is 0 Å². The highest BCUT2D eigenvalue weighted by molar-refractivity contribution is 8.00. The van der Waals surface area contributed by atoms with Crippen LogP contribution in [0.25, 0.3) is 0 Å². The van der Waals surface area contributed by atoms with Crippen molar-refractivity contribution in [2.75, 3.05) is 25.4 Å². The van der Waals surface area contributed by atoms with Gasteiger partial charge >= 0.3 is 0 Å². The van der Waals surface area contributed by atoms with Gasteiger partial charge in [0.25, 0.3) is 0 Å². The molecule has 16 heavy (non-hydrogen) atoms. The van der Waals surface area contributed by atoms with Gasteiger partial charge in [0.05, 0.1) is 5.25 Å². The Kier molecular flexibility index (Phi) is 4.53. The van der Waals surface area contributed by atoms with E-state index in [-0.39, 0.29) is 5.25 Å². The number of thioether (sulfide) groups is 1. The molecule has 2 aliphatic rings. The molecule has 2 unspecified atom stereocenters. The molecule has 0 spiro atoms.